The molecule has 0 fully saturated rings. The number of hydrogen-bond donors (Lipinski definition) is 3. The molecule has 10 nitrogen and oxygen atoms in total. The minimum Gasteiger partial charge on any atom is -0.505 e. The van der Waals surface area contributed by atoms with Gasteiger partial charge in [-0.2, -0.15) is 15.2 Å². The normalized spacial score (nSPS) is 15.9. The number of phenols is 1. The molecular formula is C26H22N8O2. The number of aromatic amines is 1. The molecule has 0 saturated carbocycles. The molecule has 0 radical (unpaired) electrons. The van der Waals surface area contributed by atoms with Crippen LogP contribution in [0.25, 0.3) is 22.5 Å². The predicted molar refractivity (Wildman–Crippen MR) is 137 cm³/mol. The van der Waals surface area contributed by atoms with E-state index >= 15 is 0 Å². The van der Waals surface area contributed by atoms with Gasteiger partial charge in [-0.15, -0.1) is 5.10 Å². The van der Waals surface area contributed by atoms with Gasteiger partial charge in [0.2, 0.25) is 0 Å². The number of hydrogen-bond acceptors (Lipinski definition) is 8. The molecule has 3 aromatic carbocycles. The molecule has 1 aliphatic carbocycles. The molecule has 0 spiro atoms. The summed E-state index contributed by atoms with van der Waals surface area (Å²) in [6.45, 7) is 1.74. The van der Waals surface area contributed by atoms with Gasteiger partial charge in [-0.1, -0.05) is 36.4 Å². The number of tetrazole rings is 1. The van der Waals surface area contributed by atoms with Gasteiger partial charge in [0.15, 0.2) is 11.5 Å². The number of aromatic nitrogens is 4. The maximum absolute atomic E-state index is 13.1. The second kappa shape index (κ2) is 8.73. The van der Waals surface area contributed by atoms with Crippen molar-refractivity contribution >= 4 is 28.7 Å². The van der Waals surface area contributed by atoms with E-state index in [1.54, 1.807) is 25.1 Å². The van der Waals surface area contributed by atoms with Crippen molar-refractivity contribution in [1.29, 1.82) is 0 Å². The van der Waals surface area contributed by atoms with Gasteiger partial charge >= 0.3 is 5.91 Å². The molecule has 1 aliphatic heterocycles. The Hall–Kier alpha value is -4.86. The van der Waals surface area contributed by atoms with E-state index in [4.69, 9.17) is 0 Å². The van der Waals surface area contributed by atoms with Crippen LogP contribution >= 0.6 is 0 Å². The van der Waals surface area contributed by atoms with E-state index in [0.29, 0.717) is 22.8 Å². The zero-order valence-corrected chi connectivity index (χ0v) is 19.4. The van der Waals surface area contributed by atoms with Crippen LogP contribution in [0, 0.1) is 0 Å². The SMILES string of the molecule is CC1=NN(c2ccc3c(c2)CCC3)C(=O)/C1=N\Nc1cccc(-c2cccc(-c3nnn[nH]3)c2)c1O. The number of carbonyl (C=O) groups excluding carboxylic acids is 1. The lowest BCUT2D eigenvalue weighted by Crippen LogP contribution is -2.28. The number of nitrogens with zero attached hydrogens (tertiary/aromatic N) is 6. The van der Waals surface area contributed by atoms with Crippen LogP contribution in [-0.2, 0) is 17.6 Å². The number of para-hydroxylation sites is 1. The lowest BCUT2D eigenvalue weighted by Gasteiger charge is -2.13. The molecule has 0 bridgehead atoms. The first-order chi connectivity index (χ1) is 17.6. The fraction of sp³-hybridized carbons (Fsp3) is 0.154. The Morgan fingerprint density at radius 3 is 2.72 bits per heavy atom. The van der Waals surface area contributed by atoms with Crippen LogP contribution < -0.4 is 10.4 Å². The molecule has 2 aliphatic rings. The summed E-state index contributed by atoms with van der Waals surface area (Å²) in [5.74, 6) is 0.214. The second-order valence-corrected chi connectivity index (χ2v) is 8.71. The number of H-pyrrole nitrogens is 1. The molecule has 36 heavy (non-hydrogen) atoms. The predicted octanol–water partition coefficient (Wildman–Crippen LogP) is 3.92. The van der Waals surface area contributed by atoms with Crippen molar-refractivity contribution in [3.63, 3.8) is 0 Å². The molecule has 1 amide bonds. The number of aromatic hydroxyl groups is 1. The summed E-state index contributed by atoms with van der Waals surface area (Å²) in [6, 6.07) is 18.8. The minimum absolute atomic E-state index is 0.00482. The van der Waals surface area contributed by atoms with Crippen molar-refractivity contribution in [3.05, 3.63) is 71.8 Å². The number of aryl methyl sites for hydroxylation is 2. The van der Waals surface area contributed by atoms with Crippen LogP contribution in [0.15, 0.2) is 70.9 Å². The van der Waals surface area contributed by atoms with Gasteiger partial charge < -0.3 is 5.11 Å². The number of fused-ring (bicyclic) bond motifs is 1. The Balaban J connectivity index is 1.25. The summed E-state index contributed by atoms with van der Waals surface area (Å²) < 4.78 is 0. The van der Waals surface area contributed by atoms with E-state index in [-0.39, 0.29) is 17.4 Å². The van der Waals surface area contributed by atoms with Gasteiger partial charge in [0.25, 0.3) is 0 Å². The molecule has 0 atom stereocenters. The molecule has 1 aromatic heterocycles. The molecule has 0 saturated heterocycles. The number of phenolic OH excluding ortho intramolecular Hbond substituents is 1. The Morgan fingerprint density at radius 2 is 1.86 bits per heavy atom. The number of anilines is 2. The van der Waals surface area contributed by atoms with Gasteiger partial charge in [0, 0.05) is 11.1 Å². The van der Waals surface area contributed by atoms with Gasteiger partial charge in [-0.25, -0.2) is 5.10 Å². The van der Waals surface area contributed by atoms with Crippen LogP contribution in [-0.4, -0.2) is 43.1 Å². The largest absolute Gasteiger partial charge is 0.505 e. The summed E-state index contributed by atoms with van der Waals surface area (Å²) in [5, 5.41) is 35.0. The van der Waals surface area contributed by atoms with E-state index in [1.165, 1.54) is 16.1 Å². The first kappa shape index (κ1) is 21.7. The fourth-order valence-electron chi connectivity index (χ4n) is 4.59. The van der Waals surface area contributed by atoms with Gasteiger partial charge in [-0.05, 0) is 77.6 Å². The number of hydrazone groups is 2. The highest BCUT2D eigenvalue weighted by molar-refractivity contribution is 6.71. The third-order valence-corrected chi connectivity index (χ3v) is 6.43. The lowest BCUT2D eigenvalue weighted by molar-refractivity contribution is -0.112. The smallest absolute Gasteiger partial charge is 0.301 e. The molecule has 2 heterocycles. The summed E-state index contributed by atoms with van der Waals surface area (Å²) in [5.41, 5.74) is 9.39. The number of nitrogens with one attached hydrogen (secondary N) is 2. The van der Waals surface area contributed by atoms with Crippen molar-refractivity contribution in [2.45, 2.75) is 26.2 Å². The van der Waals surface area contributed by atoms with E-state index < -0.39 is 0 Å². The molecule has 4 aromatic rings. The maximum Gasteiger partial charge on any atom is 0.301 e. The van der Waals surface area contributed by atoms with Crippen LogP contribution in [0.4, 0.5) is 11.4 Å². The average molecular weight is 479 g/mol. The maximum atomic E-state index is 13.1. The summed E-state index contributed by atoms with van der Waals surface area (Å²) in [7, 11) is 0. The number of carbonyl (C=O) groups is 1. The Labute approximate surface area is 206 Å². The molecule has 3 N–H and O–H groups in total. The van der Waals surface area contributed by atoms with E-state index in [1.807, 2.05) is 36.4 Å². The van der Waals surface area contributed by atoms with Crippen molar-refractivity contribution in [1.82, 2.24) is 20.6 Å². The zero-order valence-electron chi connectivity index (χ0n) is 19.4. The average Bonchev–Trinajstić information content (AvgIpc) is 3.65. The van der Waals surface area contributed by atoms with Gasteiger partial charge in [-0.3, -0.25) is 10.2 Å². The van der Waals surface area contributed by atoms with E-state index in [0.717, 1.165) is 36.1 Å². The Bertz CT molecular complexity index is 1540. The quantitative estimate of drug-likeness (QED) is 0.294. The zero-order chi connectivity index (χ0) is 24.6. The molecule has 178 valence electrons. The molecule has 10 heteroatoms. The van der Waals surface area contributed by atoms with Crippen molar-refractivity contribution in [3.8, 4) is 28.3 Å². The third-order valence-electron chi connectivity index (χ3n) is 6.43. The first-order valence-electron chi connectivity index (χ1n) is 11.6. The fourth-order valence-corrected chi connectivity index (χ4v) is 4.59. The molecule has 6 rings (SSSR count). The highest BCUT2D eigenvalue weighted by atomic mass is 16.3. The second-order valence-electron chi connectivity index (χ2n) is 8.71. The standard InChI is InChI=1S/C26H22N8O2/c1-15-23(26(36)34(31-15)20-12-11-16-5-2-6-17(16)14-20)28-27-22-10-4-9-21(24(22)35)18-7-3-8-19(13-18)25-29-32-33-30-25/h3-4,7-14,27,35H,2,5-6H2,1H3,(H,29,30,32,33)/b28-23-. The molecular weight excluding hydrogens is 456 g/mol. The van der Waals surface area contributed by atoms with Crippen molar-refractivity contribution < 1.29 is 9.90 Å². The van der Waals surface area contributed by atoms with Crippen LogP contribution in [0.1, 0.15) is 24.5 Å². The highest BCUT2D eigenvalue weighted by Crippen LogP contribution is 2.36. The Morgan fingerprint density at radius 1 is 1.03 bits per heavy atom. The van der Waals surface area contributed by atoms with Crippen molar-refractivity contribution in [2.24, 2.45) is 10.2 Å². The van der Waals surface area contributed by atoms with E-state index in [2.05, 4.69) is 42.3 Å². The topological polar surface area (TPSA) is 132 Å². The monoisotopic (exact) mass is 478 g/mol. The number of rotatable bonds is 5. The molecule has 0 unspecified atom stereocenters. The van der Waals surface area contributed by atoms with Gasteiger partial charge in [0.05, 0.1) is 17.1 Å². The lowest BCUT2D eigenvalue weighted by atomic mass is 10.0. The van der Waals surface area contributed by atoms with Crippen LogP contribution in [0.3, 0.4) is 0 Å². The van der Waals surface area contributed by atoms with Crippen molar-refractivity contribution in [2.75, 3.05) is 10.4 Å². The number of benzene rings is 3. The minimum atomic E-state index is -0.318. The summed E-state index contributed by atoms with van der Waals surface area (Å²) in [6.07, 6.45) is 3.23. The Kier molecular flexibility index (Phi) is 5.25. The third kappa shape index (κ3) is 3.78. The van der Waals surface area contributed by atoms with Crippen LogP contribution in [0.2, 0.25) is 0 Å². The first-order valence-corrected chi connectivity index (χ1v) is 11.6. The van der Waals surface area contributed by atoms with E-state index in [9.17, 15) is 9.90 Å². The van der Waals surface area contributed by atoms with Gasteiger partial charge in [0.1, 0.15) is 5.75 Å². The number of amides is 1. The summed E-state index contributed by atoms with van der Waals surface area (Å²) in [4.78, 5) is 13.1. The van der Waals surface area contributed by atoms with Crippen LogP contribution in [0.5, 0.6) is 5.75 Å². The highest BCUT2D eigenvalue weighted by Gasteiger charge is 2.31. The summed E-state index contributed by atoms with van der Waals surface area (Å²) >= 11 is 0.